The maximum atomic E-state index is 11.2. The van der Waals surface area contributed by atoms with Gasteiger partial charge < -0.3 is 49.2 Å². The van der Waals surface area contributed by atoms with E-state index in [1.807, 2.05) is 0 Å². The predicted octanol–water partition coefficient (Wildman–Crippen LogP) is 1.70. The minimum Gasteiger partial charge on any atom is -0.550 e. The van der Waals surface area contributed by atoms with Crippen LogP contribution in [0, 0.1) is 23.7 Å². The number of hydrogen-bond donors (Lipinski definition) is 4. The molecule has 6 unspecified atom stereocenters. The fraction of sp³-hybridized carbons (Fsp3) is 0.778. The van der Waals surface area contributed by atoms with Gasteiger partial charge in [-0.15, -0.1) is 0 Å². The van der Waals surface area contributed by atoms with Crippen LogP contribution in [0.1, 0.15) is 92.9 Å². The summed E-state index contributed by atoms with van der Waals surface area (Å²) in [6.07, 6.45) is 16.1. The molecule has 4 N–H and O–H groups in total. The number of nitrogens with zero attached hydrogens (tertiary/aromatic N) is 2. The standard InChI is InChI=1S/2C18H33NO5.Ca/c2*1-4-5-6-7-8-9-10-19(11-12-20,13-15(2)17(21)22)14-16(3)18(23)24;/h2*6-7,15-16,20H,4-5,8-14H2,1-3H3,(H-,21,22,23,24);/q;;+2/b2*7-6+;. The molecule has 0 saturated carbocycles. The molecule has 0 aromatic heterocycles. The van der Waals surface area contributed by atoms with Crippen molar-refractivity contribution in [1.29, 1.82) is 0 Å². The van der Waals surface area contributed by atoms with Crippen LogP contribution in [0.5, 0.6) is 0 Å². The van der Waals surface area contributed by atoms with Gasteiger partial charge in [0.15, 0.2) is 0 Å². The smallest absolute Gasteiger partial charge is 0.550 e. The number of aliphatic carboxylic acids is 4. The summed E-state index contributed by atoms with van der Waals surface area (Å²) >= 11 is 0. The SMILES string of the molecule is CCC/C=C/CCC[N+](CCO)(CC(C)C(=O)[O-])CC(C)C(=O)O.CCC/C=C/CCC[N+](CCO)(CC(C)C(=O)[O-])CC(C)C(=O)O.[Ca+2]. The van der Waals surface area contributed by atoms with Crippen molar-refractivity contribution < 1.29 is 58.8 Å². The molecule has 0 aliphatic heterocycles. The van der Waals surface area contributed by atoms with Crippen molar-refractivity contribution in [2.45, 2.75) is 92.9 Å². The van der Waals surface area contributed by atoms with Gasteiger partial charge in [0.1, 0.15) is 24.9 Å². The van der Waals surface area contributed by atoms with E-state index in [4.69, 9.17) is 0 Å². The van der Waals surface area contributed by atoms with Crippen molar-refractivity contribution in [2.24, 2.45) is 23.7 Å². The molecule has 0 aromatic carbocycles. The summed E-state index contributed by atoms with van der Waals surface area (Å²) in [6.45, 7) is 13.6. The summed E-state index contributed by atoms with van der Waals surface area (Å²) in [4.78, 5) is 44.7. The van der Waals surface area contributed by atoms with Gasteiger partial charge in [0, 0.05) is 36.6 Å². The van der Waals surface area contributed by atoms with Gasteiger partial charge in [-0.25, -0.2) is 0 Å². The fourth-order valence-electron chi connectivity index (χ4n) is 6.05. The molecule has 0 saturated heterocycles. The molecular formula is C36H66CaN2O10+2. The van der Waals surface area contributed by atoms with Crippen molar-refractivity contribution in [1.82, 2.24) is 0 Å². The van der Waals surface area contributed by atoms with Gasteiger partial charge in [-0.3, -0.25) is 9.59 Å². The topological polar surface area (TPSA) is 195 Å². The van der Waals surface area contributed by atoms with Gasteiger partial charge in [-0.2, -0.15) is 0 Å². The van der Waals surface area contributed by atoms with E-state index in [9.17, 15) is 49.8 Å². The van der Waals surface area contributed by atoms with E-state index in [2.05, 4.69) is 38.2 Å². The number of allylic oxidation sites excluding steroid dienone is 4. The van der Waals surface area contributed by atoms with E-state index in [1.165, 1.54) is 0 Å². The molecule has 0 aromatic rings. The molecule has 0 heterocycles. The predicted molar refractivity (Wildman–Crippen MR) is 188 cm³/mol. The molecule has 0 bridgehead atoms. The van der Waals surface area contributed by atoms with Crippen LogP contribution >= 0.6 is 0 Å². The third-order valence-corrected chi connectivity index (χ3v) is 8.69. The second-order valence-electron chi connectivity index (χ2n) is 13.5. The Hall–Kier alpha value is -1.54. The van der Waals surface area contributed by atoms with E-state index in [0.717, 1.165) is 51.4 Å². The monoisotopic (exact) mass is 726 g/mol. The Labute approximate surface area is 325 Å². The molecule has 12 nitrogen and oxygen atoms in total. The zero-order chi connectivity index (χ0) is 37.2. The maximum Gasteiger partial charge on any atom is 2.00 e. The molecule has 0 spiro atoms. The van der Waals surface area contributed by atoms with Crippen LogP contribution in [0.4, 0.5) is 0 Å². The zero-order valence-corrected chi connectivity index (χ0v) is 33.4. The number of unbranched alkanes of at least 4 members (excludes halogenated alkanes) is 4. The van der Waals surface area contributed by atoms with E-state index in [1.54, 1.807) is 27.7 Å². The number of carbonyl (C=O) groups is 4. The summed E-state index contributed by atoms with van der Waals surface area (Å²) in [6, 6.07) is 0. The molecule has 0 radical (unpaired) electrons. The summed E-state index contributed by atoms with van der Waals surface area (Å²) in [7, 11) is 0. The summed E-state index contributed by atoms with van der Waals surface area (Å²) in [5.74, 6) is -6.65. The Kier molecular flexibility index (Phi) is 31.9. The molecule has 0 aliphatic carbocycles. The van der Waals surface area contributed by atoms with E-state index < -0.39 is 47.5 Å². The first-order valence-corrected chi connectivity index (χ1v) is 17.6. The van der Waals surface area contributed by atoms with E-state index in [-0.39, 0.29) is 64.0 Å². The number of carbonyl (C=O) groups excluding carboxylic acids is 2. The summed E-state index contributed by atoms with van der Waals surface area (Å²) in [5.41, 5.74) is 0. The zero-order valence-electron chi connectivity index (χ0n) is 31.2. The molecule has 0 fully saturated rings. The van der Waals surface area contributed by atoms with Gasteiger partial charge in [0.2, 0.25) is 0 Å². The first-order valence-electron chi connectivity index (χ1n) is 17.6. The van der Waals surface area contributed by atoms with Crippen LogP contribution in [0.15, 0.2) is 24.3 Å². The van der Waals surface area contributed by atoms with Crippen LogP contribution in [0.25, 0.3) is 0 Å². The van der Waals surface area contributed by atoms with Gasteiger partial charge in [0.25, 0.3) is 0 Å². The van der Waals surface area contributed by atoms with Crippen molar-refractivity contribution >= 4 is 61.6 Å². The quantitative estimate of drug-likeness (QED) is 0.0399. The second kappa shape index (κ2) is 30.1. The first-order chi connectivity index (χ1) is 22.6. The van der Waals surface area contributed by atoms with Gasteiger partial charge >= 0.3 is 49.7 Å². The number of carboxylic acid groups (broad SMARTS) is 4. The van der Waals surface area contributed by atoms with Crippen LogP contribution in [-0.4, -0.2) is 157 Å². The number of carboxylic acids is 4. The number of hydrogen-bond acceptors (Lipinski definition) is 8. The third kappa shape index (κ3) is 25.1. The van der Waals surface area contributed by atoms with Gasteiger partial charge in [-0.05, 0) is 39.5 Å². The minimum atomic E-state index is -1.14. The molecular weight excluding hydrogens is 660 g/mol. The molecule has 13 heteroatoms. The Balaban J connectivity index is -0.000000846. The number of quaternary nitrogens is 2. The van der Waals surface area contributed by atoms with Gasteiger partial charge in [-0.1, -0.05) is 64.8 Å². The van der Waals surface area contributed by atoms with E-state index >= 15 is 0 Å². The first kappa shape index (κ1) is 51.8. The average Bonchev–Trinajstić information content (AvgIpc) is 3.00. The van der Waals surface area contributed by atoms with Gasteiger partial charge in [0.05, 0.1) is 52.5 Å². The number of aliphatic hydroxyl groups excluding tert-OH is 2. The van der Waals surface area contributed by atoms with Crippen LogP contribution in [0.2, 0.25) is 0 Å². The van der Waals surface area contributed by atoms with Crippen molar-refractivity contribution in [3.8, 4) is 0 Å². The average molecular weight is 727 g/mol. The number of aliphatic hydroxyl groups is 2. The minimum absolute atomic E-state index is 0. The third-order valence-electron chi connectivity index (χ3n) is 8.69. The molecule has 280 valence electrons. The van der Waals surface area contributed by atoms with Crippen molar-refractivity contribution in [2.75, 3.05) is 65.6 Å². The Morgan fingerprint density at radius 3 is 1.08 bits per heavy atom. The molecule has 0 amide bonds. The van der Waals surface area contributed by atoms with Crippen LogP contribution < -0.4 is 10.2 Å². The van der Waals surface area contributed by atoms with Crippen LogP contribution in [-0.2, 0) is 19.2 Å². The molecule has 0 rings (SSSR count). The molecule has 6 atom stereocenters. The fourth-order valence-corrected chi connectivity index (χ4v) is 6.05. The van der Waals surface area contributed by atoms with Crippen molar-refractivity contribution in [3.63, 3.8) is 0 Å². The Bertz CT molecular complexity index is 855. The molecule has 49 heavy (non-hydrogen) atoms. The summed E-state index contributed by atoms with van der Waals surface area (Å²) in [5, 5.41) is 59.6. The van der Waals surface area contributed by atoms with Crippen LogP contribution in [0.3, 0.4) is 0 Å². The van der Waals surface area contributed by atoms with Crippen molar-refractivity contribution in [3.05, 3.63) is 24.3 Å². The molecule has 0 aliphatic rings. The normalized spacial score (nSPS) is 16.3. The Morgan fingerprint density at radius 1 is 0.551 bits per heavy atom. The summed E-state index contributed by atoms with van der Waals surface area (Å²) < 4.78 is 0.585. The Morgan fingerprint density at radius 2 is 0.837 bits per heavy atom. The second-order valence-corrected chi connectivity index (χ2v) is 13.5. The van der Waals surface area contributed by atoms with E-state index in [0.29, 0.717) is 48.2 Å². The largest absolute Gasteiger partial charge is 2.00 e. The number of rotatable bonds is 28. The maximum absolute atomic E-state index is 11.2.